The quantitative estimate of drug-likeness (QED) is 0.543. The molecule has 0 atom stereocenters. The van der Waals surface area contributed by atoms with Gasteiger partial charge in [0.05, 0.1) is 4.92 Å². The SMILES string of the molecule is Cc1ccnc(Nc2ncnc(Nc3ccccn3)c2[N+](=O)[O-])c1. The number of nitro groups is 1. The molecular weight excluding hydrogens is 310 g/mol. The Bertz CT molecular complexity index is 871. The van der Waals surface area contributed by atoms with Gasteiger partial charge in [-0.05, 0) is 36.8 Å². The minimum Gasteiger partial charge on any atom is -0.319 e. The van der Waals surface area contributed by atoms with Crippen LogP contribution >= 0.6 is 0 Å². The number of nitrogens with one attached hydrogen (secondary N) is 2. The lowest BCUT2D eigenvalue weighted by Crippen LogP contribution is -2.06. The minimum absolute atomic E-state index is 0.0452. The molecule has 0 unspecified atom stereocenters. The van der Waals surface area contributed by atoms with Crippen LogP contribution in [0.5, 0.6) is 0 Å². The van der Waals surface area contributed by atoms with Crippen molar-refractivity contribution in [3.8, 4) is 0 Å². The molecule has 9 nitrogen and oxygen atoms in total. The lowest BCUT2D eigenvalue weighted by Gasteiger charge is -2.09. The highest BCUT2D eigenvalue weighted by molar-refractivity contribution is 5.75. The highest BCUT2D eigenvalue weighted by Gasteiger charge is 2.23. The van der Waals surface area contributed by atoms with Crippen molar-refractivity contribution in [1.82, 2.24) is 19.9 Å². The fourth-order valence-corrected chi connectivity index (χ4v) is 2.02. The molecule has 3 aromatic heterocycles. The number of anilines is 4. The van der Waals surface area contributed by atoms with E-state index in [0.29, 0.717) is 11.6 Å². The fourth-order valence-electron chi connectivity index (χ4n) is 2.02. The third-order valence-corrected chi connectivity index (χ3v) is 3.08. The summed E-state index contributed by atoms with van der Waals surface area (Å²) in [5, 5.41) is 17.2. The van der Waals surface area contributed by atoms with Gasteiger partial charge in [-0.25, -0.2) is 19.9 Å². The maximum absolute atomic E-state index is 11.5. The summed E-state index contributed by atoms with van der Waals surface area (Å²) in [6, 6.07) is 8.78. The highest BCUT2D eigenvalue weighted by atomic mass is 16.6. The van der Waals surface area contributed by atoms with Crippen LogP contribution in [-0.4, -0.2) is 24.9 Å². The molecule has 0 radical (unpaired) electrons. The number of aromatic nitrogens is 4. The smallest absolute Gasteiger partial charge is 0.319 e. The molecule has 0 saturated heterocycles. The van der Waals surface area contributed by atoms with Crippen LogP contribution in [0.1, 0.15) is 5.56 Å². The molecule has 9 heteroatoms. The third kappa shape index (κ3) is 3.40. The zero-order valence-corrected chi connectivity index (χ0v) is 12.7. The Balaban J connectivity index is 1.97. The predicted octanol–water partition coefficient (Wildman–Crippen LogP) is 2.97. The van der Waals surface area contributed by atoms with E-state index in [0.717, 1.165) is 5.56 Å². The fraction of sp³-hybridized carbons (Fsp3) is 0.0667. The normalized spacial score (nSPS) is 10.2. The van der Waals surface area contributed by atoms with E-state index in [2.05, 4.69) is 30.6 Å². The zero-order valence-electron chi connectivity index (χ0n) is 12.7. The van der Waals surface area contributed by atoms with Crippen molar-refractivity contribution < 1.29 is 4.92 Å². The Morgan fingerprint density at radius 1 is 0.958 bits per heavy atom. The van der Waals surface area contributed by atoms with Gasteiger partial charge < -0.3 is 10.6 Å². The molecule has 120 valence electrons. The van der Waals surface area contributed by atoms with Gasteiger partial charge in [-0.2, -0.15) is 0 Å². The molecule has 24 heavy (non-hydrogen) atoms. The van der Waals surface area contributed by atoms with Gasteiger partial charge in [0.25, 0.3) is 0 Å². The highest BCUT2D eigenvalue weighted by Crippen LogP contribution is 2.32. The summed E-state index contributed by atoms with van der Waals surface area (Å²) in [6.07, 6.45) is 4.42. The summed E-state index contributed by atoms with van der Waals surface area (Å²) in [4.78, 5) is 27.1. The van der Waals surface area contributed by atoms with Gasteiger partial charge in [0.1, 0.15) is 18.0 Å². The number of aryl methyl sites for hydroxylation is 1. The topological polar surface area (TPSA) is 119 Å². The van der Waals surface area contributed by atoms with Crippen LogP contribution in [0.3, 0.4) is 0 Å². The standard InChI is InChI=1S/C15H13N7O2/c1-10-5-7-17-12(8-10)21-15-13(22(23)24)14(18-9-19-15)20-11-4-2-3-6-16-11/h2-9H,1H3,(H2,16,17,18,19,20,21). The Labute approximate surface area is 137 Å². The number of hydrogen-bond donors (Lipinski definition) is 2. The van der Waals surface area contributed by atoms with Gasteiger partial charge in [-0.1, -0.05) is 6.07 Å². The van der Waals surface area contributed by atoms with Crippen LogP contribution < -0.4 is 10.6 Å². The molecule has 3 heterocycles. The molecule has 0 fully saturated rings. The molecular formula is C15H13N7O2. The van der Waals surface area contributed by atoms with E-state index in [-0.39, 0.29) is 17.3 Å². The van der Waals surface area contributed by atoms with Gasteiger partial charge in [0.2, 0.25) is 11.6 Å². The summed E-state index contributed by atoms with van der Waals surface area (Å²) >= 11 is 0. The van der Waals surface area contributed by atoms with Crippen molar-refractivity contribution in [3.05, 3.63) is 64.7 Å². The van der Waals surface area contributed by atoms with Gasteiger partial charge in [0.15, 0.2) is 0 Å². The van der Waals surface area contributed by atoms with Crippen molar-refractivity contribution in [1.29, 1.82) is 0 Å². The lowest BCUT2D eigenvalue weighted by atomic mass is 10.3. The molecule has 0 amide bonds. The lowest BCUT2D eigenvalue weighted by molar-refractivity contribution is -0.383. The summed E-state index contributed by atoms with van der Waals surface area (Å²) in [5.41, 5.74) is 0.683. The molecule has 0 saturated carbocycles. The van der Waals surface area contributed by atoms with Crippen molar-refractivity contribution in [2.75, 3.05) is 10.6 Å². The summed E-state index contributed by atoms with van der Waals surface area (Å²) in [6.45, 7) is 1.90. The van der Waals surface area contributed by atoms with Crippen LogP contribution in [-0.2, 0) is 0 Å². The summed E-state index contributed by atoms with van der Waals surface area (Å²) < 4.78 is 0. The molecule has 3 rings (SSSR count). The van der Waals surface area contributed by atoms with Gasteiger partial charge in [0, 0.05) is 12.4 Å². The largest absolute Gasteiger partial charge is 0.354 e. The van der Waals surface area contributed by atoms with Crippen LogP contribution in [0, 0.1) is 17.0 Å². The number of pyridine rings is 2. The Morgan fingerprint density at radius 2 is 1.67 bits per heavy atom. The second-order valence-corrected chi connectivity index (χ2v) is 4.86. The van der Waals surface area contributed by atoms with Crippen LogP contribution in [0.25, 0.3) is 0 Å². The molecule has 0 aliphatic rings. The summed E-state index contributed by atoms with van der Waals surface area (Å²) in [7, 11) is 0. The van der Waals surface area contributed by atoms with E-state index >= 15 is 0 Å². The van der Waals surface area contributed by atoms with E-state index in [1.165, 1.54) is 6.33 Å². The summed E-state index contributed by atoms with van der Waals surface area (Å²) in [5.74, 6) is 0.995. The number of hydrogen-bond acceptors (Lipinski definition) is 8. The van der Waals surface area contributed by atoms with Crippen LogP contribution in [0.2, 0.25) is 0 Å². The number of nitrogens with zero attached hydrogens (tertiary/aromatic N) is 5. The van der Waals surface area contributed by atoms with E-state index in [4.69, 9.17) is 0 Å². The number of rotatable bonds is 5. The van der Waals surface area contributed by atoms with E-state index < -0.39 is 4.92 Å². The van der Waals surface area contributed by atoms with Crippen LogP contribution in [0.15, 0.2) is 49.1 Å². The first-order valence-electron chi connectivity index (χ1n) is 7.00. The van der Waals surface area contributed by atoms with Gasteiger partial charge in [-0.3, -0.25) is 10.1 Å². The van der Waals surface area contributed by atoms with Crippen molar-refractivity contribution in [2.24, 2.45) is 0 Å². The first kappa shape index (κ1) is 15.3. The second kappa shape index (κ2) is 6.65. The van der Waals surface area contributed by atoms with Gasteiger partial charge >= 0.3 is 5.69 Å². The maximum Gasteiger partial charge on any atom is 0.354 e. The Morgan fingerprint density at radius 3 is 2.29 bits per heavy atom. The first-order chi connectivity index (χ1) is 11.6. The Hall–Kier alpha value is -3.62. The first-order valence-corrected chi connectivity index (χ1v) is 7.00. The molecule has 0 spiro atoms. The van der Waals surface area contributed by atoms with E-state index in [1.54, 1.807) is 36.7 Å². The Kier molecular flexibility index (Phi) is 4.23. The molecule has 0 bridgehead atoms. The molecule has 2 N–H and O–H groups in total. The molecule has 0 aliphatic carbocycles. The van der Waals surface area contributed by atoms with Gasteiger partial charge in [-0.15, -0.1) is 0 Å². The molecule has 0 aliphatic heterocycles. The predicted molar refractivity (Wildman–Crippen MR) is 88.5 cm³/mol. The van der Waals surface area contributed by atoms with E-state index in [9.17, 15) is 10.1 Å². The third-order valence-electron chi connectivity index (χ3n) is 3.08. The monoisotopic (exact) mass is 323 g/mol. The zero-order chi connectivity index (χ0) is 16.9. The average molecular weight is 323 g/mol. The molecule has 0 aromatic carbocycles. The second-order valence-electron chi connectivity index (χ2n) is 4.86. The maximum atomic E-state index is 11.5. The van der Waals surface area contributed by atoms with Crippen molar-refractivity contribution >= 4 is 29.0 Å². The van der Waals surface area contributed by atoms with Crippen LogP contribution in [0.4, 0.5) is 29.0 Å². The van der Waals surface area contributed by atoms with E-state index in [1.807, 2.05) is 13.0 Å². The minimum atomic E-state index is -0.552. The molecule has 3 aromatic rings. The van der Waals surface area contributed by atoms with Crippen molar-refractivity contribution in [3.63, 3.8) is 0 Å². The average Bonchev–Trinajstić information content (AvgIpc) is 2.56. The van der Waals surface area contributed by atoms with Crippen molar-refractivity contribution in [2.45, 2.75) is 6.92 Å².